The average molecular weight is 392 g/mol. The molecule has 0 saturated heterocycles. The molecule has 0 saturated carbocycles. The van der Waals surface area contributed by atoms with Crippen LogP contribution in [0.1, 0.15) is 65.4 Å². The SMILES string of the molecule is CC[C@H](C)c1ccc(NC(=O)COC(=O)CCCNC(=O)OC(C)(C)C)cc1. The minimum atomic E-state index is -0.565. The molecule has 7 heteroatoms. The molecule has 156 valence electrons. The van der Waals surface area contributed by atoms with Gasteiger partial charge in [-0.1, -0.05) is 26.0 Å². The number of carbonyl (C=O) groups excluding carboxylic acids is 3. The maximum absolute atomic E-state index is 11.9. The second-order valence-corrected chi connectivity index (χ2v) is 7.67. The fraction of sp³-hybridized carbons (Fsp3) is 0.571. The van der Waals surface area contributed by atoms with Gasteiger partial charge in [0.15, 0.2) is 6.61 Å². The molecule has 1 aromatic rings. The van der Waals surface area contributed by atoms with Gasteiger partial charge in [-0.05, 0) is 57.2 Å². The monoisotopic (exact) mass is 392 g/mol. The molecule has 0 fully saturated rings. The van der Waals surface area contributed by atoms with Crippen molar-refractivity contribution >= 4 is 23.7 Å². The topological polar surface area (TPSA) is 93.7 Å². The number of benzene rings is 1. The van der Waals surface area contributed by atoms with E-state index >= 15 is 0 Å². The highest BCUT2D eigenvalue weighted by Crippen LogP contribution is 2.20. The molecular weight excluding hydrogens is 360 g/mol. The van der Waals surface area contributed by atoms with Gasteiger partial charge in [0.25, 0.3) is 5.91 Å². The molecular formula is C21H32N2O5. The molecule has 1 aromatic carbocycles. The van der Waals surface area contributed by atoms with E-state index < -0.39 is 23.6 Å². The van der Waals surface area contributed by atoms with Crippen LogP contribution in [0.15, 0.2) is 24.3 Å². The van der Waals surface area contributed by atoms with Gasteiger partial charge in [-0.15, -0.1) is 0 Å². The van der Waals surface area contributed by atoms with Crippen LogP contribution < -0.4 is 10.6 Å². The smallest absolute Gasteiger partial charge is 0.407 e. The van der Waals surface area contributed by atoms with Crippen LogP contribution >= 0.6 is 0 Å². The number of hydrogen-bond acceptors (Lipinski definition) is 5. The van der Waals surface area contributed by atoms with Gasteiger partial charge in [0.1, 0.15) is 5.60 Å². The second kappa shape index (κ2) is 11.3. The molecule has 0 heterocycles. The predicted molar refractivity (Wildman–Crippen MR) is 108 cm³/mol. The minimum absolute atomic E-state index is 0.104. The number of rotatable bonds is 9. The van der Waals surface area contributed by atoms with Crippen molar-refractivity contribution in [1.29, 1.82) is 0 Å². The summed E-state index contributed by atoms with van der Waals surface area (Å²) in [6.07, 6.45) is 1.03. The van der Waals surface area contributed by atoms with Crippen molar-refractivity contribution in [3.05, 3.63) is 29.8 Å². The molecule has 0 aromatic heterocycles. The van der Waals surface area contributed by atoms with E-state index in [1.54, 1.807) is 20.8 Å². The Morgan fingerprint density at radius 1 is 1.11 bits per heavy atom. The van der Waals surface area contributed by atoms with Crippen LogP contribution in [0.4, 0.5) is 10.5 Å². The minimum Gasteiger partial charge on any atom is -0.456 e. The van der Waals surface area contributed by atoms with Crippen molar-refractivity contribution in [2.24, 2.45) is 0 Å². The summed E-state index contributed by atoms with van der Waals surface area (Å²) in [6, 6.07) is 7.63. The molecule has 7 nitrogen and oxygen atoms in total. The van der Waals surface area contributed by atoms with E-state index in [4.69, 9.17) is 9.47 Å². The number of esters is 1. The summed E-state index contributed by atoms with van der Waals surface area (Å²) in [5.41, 5.74) is 1.31. The Morgan fingerprint density at radius 2 is 1.75 bits per heavy atom. The summed E-state index contributed by atoms with van der Waals surface area (Å²) in [7, 11) is 0. The molecule has 2 N–H and O–H groups in total. The van der Waals surface area contributed by atoms with Gasteiger partial charge < -0.3 is 20.1 Å². The van der Waals surface area contributed by atoms with E-state index in [1.165, 1.54) is 5.56 Å². The highest BCUT2D eigenvalue weighted by atomic mass is 16.6. The van der Waals surface area contributed by atoms with Crippen molar-refractivity contribution < 1.29 is 23.9 Å². The summed E-state index contributed by atoms with van der Waals surface area (Å²) in [4.78, 5) is 35.0. The number of hydrogen-bond donors (Lipinski definition) is 2. The van der Waals surface area contributed by atoms with Crippen LogP contribution in [0.5, 0.6) is 0 Å². The average Bonchev–Trinajstić information content (AvgIpc) is 2.62. The molecule has 0 spiro atoms. The van der Waals surface area contributed by atoms with E-state index in [-0.39, 0.29) is 13.0 Å². The third-order valence-corrected chi connectivity index (χ3v) is 3.97. The van der Waals surface area contributed by atoms with Gasteiger partial charge in [-0.3, -0.25) is 9.59 Å². The first-order chi connectivity index (χ1) is 13.1. The van der Waals surface area contributed by atoms with Crippen LogP contribution in [0.25, 0.3) is 0 Å². The second-order valence-electron chi connectivity index (χ2n) is 7.67. The molecule has 0 aliphatic heterocycles. The van der Waals surface area contributed by atoms with Crippen LogP contribution in [-0.4, -0.2) is 36.7 Å². The lowest BCUT2D eigenvalue weighted by Gasteiger charge is -2.19. The normalized spacial score (nSPS) is 12.0. The van der Waals surface area contributed by atoms with Crippen LogP contribution in [0.3, 0.4) is 0 Å². The zero-order chi connectivity index (χ0) is 21.2. The lowest BCUT2D eigenvalue weighted by Crippen LogP contribution is -2.33. The van der Waals surface area contributed by atoms with Gasteiger partial charge in [-0.25, -0.2) is 4.79 Å². The Kier molecular flexibility index (Phi) is 9.48. The third kappa shape index (κ3) is 9.94. The molecule has 0 aliphatic carbocycles. The van der Waals surface area contributed by atoms with Crippen LogP contribution in [-0.2, 0) is 19.1 Å². The zero-order valence-corrected chi connectivity index (χ0v) is 17.5. The van der Waals surface area contributed by atoms with E-state index in [9.17, 15) is 14.4 Å². The number of carbonyl (C=O) groups is 3. The van der Waals surface area contributed by atoms with Crippen LogP contribution in [0.2, 0.25) is 0 Å². The van der Waals surface area contributed by atoms with Gasteiger partial charge in [0, 0.05) is 18.7 Å². The van der Waals surface area contributed by atoms with E-state index in [2.05, 4.69) is 24.5 Å². The molecule has 0 radical (unpaired) electrons. The quantitative estimate of drug-likeness (QED) is 0.490. The Hall–Kier alpha value is -2.57. The Balaban J connectivity index is 2.22. The molecule has 0 bridgehead atoms. The van der Waals surface area contributed by atoms with Crippen molar-refractivity contribution in [2.45, 2.75) is 65.4 Å². The number of amides is 2. The highest BCUT2D eigenvalue weighted by Gasteiger charge is 2.15. The van der Waals surface area contributed by atoms with Crippen molar-refractivity contribution in [2.75, 3.05) is 18.5 Å². The Bertz CT molecular complexity index is 650. The zero-order valence-electron chi connectivity index (χ0n) is 17.5. The molecule has 1 atom stereocenters. The van der Waals surface area contributed by atoms with Gasteiger partial charge >= 0.3 is 12.1 Å². The largest absolute Gasteiger partial charge is 0.456 e. The van der Waals surface area contributed by atoms with E-state index in [1.807, 2.05) is 24.3 Å². The number of anilines is 1. The number of alkyl carbamates (subject to hydrolysis) is 1. The summed E-state index contributed by atoms with van der Waals surface area (Å²) < 4.78 is 10.0. The summed E-state index contributed by atoms with van der Waals surface area (Å²) >= 11 is 0. The fourth-order valence-electron chi connectivity index (χ4n) is 2.28. The molecule has 0 aliphatic rings. The van der Waals surface area contributed by atoms with Crippen LogP contribution in [0, 0.1) is 0 Å². The summed E-state index contributed by atoms with van der Waals surface area (Å²) in [5, 5.41) is 5.26. The molecule has 1 rings (SSSR count). The molecule has 2 amide bonds. The standard InChI is InChI=1S/C21H32N2O5/c1-6-15(2)16-9-11-17(12-10-16)23-18(24)14-27-19(25)8-7-13-22-20(26)28-21(3,4)5/h9-12,15H,6-8,13-14H2,1-5H3,(H,22,26)(H,23,24)/t15-/m0/s1. The van der Waals surface area contributed by atoms with Gasteiger partial charge in [0.05, 0.1) is 0 Å². The molecule has 28 heavy (non-hydrogen) atoms. The number of nitrogens with one attached hydrogen (secondary N) is 2. The maximum atomic E-state index is 11.9. The first-order valence-corrected chi connectivity index (χ1v) is 9.63. The van der Waals surface area contributed by atoms with Crippen molar-refractivity contribution in [3.63, 3.8) is 0 Å². The van der Waals surface area contributed by atoms with Gasteiger partial charge in [0.2, 0.25) is 0 Å². The molecule has 0 unspecified atom stereocenters. The predicted octanol–water partition coefficient (Wildman–Crippen LogP) is 3.99. The summed E-state index contributed by atoms with van der Waals surface area (Å²) in [6.45, 7) is 9.54. The number of ether oxygens (including phenoxy) is 2. The Labute approximate surface area is 167 Å². The lowest BCUT2D eigenvalue weighted by atomic mass is 9.99. The lowest BCUT2D eigenvalue weighted by molar-refractivity contribution is -0.147. The fourth-order valence-corrected chi connectivity index (χ4v) is 2.28. The van der Waals surface area contributed by atoms with Crippen molar-refractivity contribution in [1.82, 2.24) is 5.32 Å². The van der Waals surface area contributed by atoms with E-state index in [0.717, 1.165) is 6.42 Å². The third-order valence-electron chi connectivity index (χ3n) is 3.97. The maximum Gasteiger partial charge on any atom is 0.407 e. The van der Waals surface area contributed by atoms with E-state index in [0.29, 0.717) is 24.6 Å². The first kappa shape index (κ1) is 23.5. The van der Waals surface area contributed by atoms with Crippen molar-refractivity contribution in [3.8, 4) is 0 Å². The summed E-state index contributed by atoms with van der Waals surface area (Å²) in [5.74, 6) is -0.416. The highest BCUT2D eigenvalue weighted by molar-refractivity contribution is 5.92. The van der Waals surface area contributed by atoms with Gasteiger partial charge in [-0.2, -0.15) is 0 Å². The first-order valence-electron chi connectivity index (χ1n) is 9.63. The Morgan fingerprint density at radius 3 is 2.32 bits per heavy atom.